The molecule has 3 rings (SSSR count). The van der Waals surface area contributed by atoms with E-state index < -0.39 is 30.0 Å². The molecule has 3 saturated heterocycles. The number of ether oxygens (including phenoxy) is 3. The van der Waals surface area contributed by atoms with Crippen LogP contribution in [0.1, 0.15) is 66.7 Å². The lowest BCUT2D eigenvalue weighted by atomic mass is 9.87. The summed E-state index contributed by atoms with van der Waals surface area (Å²) < 4.78 is 18.0. The minimum absolute atomic E-state index is 0.00217. The first-order valence-electron chi connectivity index (χ1n) is 15.1. The van der Waals surface area contributed by atoms with Gasteiger partial charge in [-0.1, -0.05) is 43.7 Å². The third-order valence-corrected chi connectivity index (χ3v) is 8.08. The van der Waals surface area contributed by atoms with Crippen LogP contribution < -0.4 is 16.0 Å². The lowest BCUT2D eigenvalue weighted by Gasteiger charge is -2.39. The molecule has 0 radical (unpaired) electrons. The fourth-order valence-corrected chi connectivity index (χ4v) is 5.40. The fraction of sp³-hybridized carbons (Fsp3) is 0.710. The monoisotopic (exact) mass is 591 g/mol. The molecule has 0 aromatic rings. The highest BCUT2D eigenvalue weighted by Gasteiger charge is 2.58. The van der Waals surface area contributed by atoms with Crippen molar-refractivity contribution >= 4 is 17.7 Å². The van der Waals surface area contributed by atoms with Crippen molar-refractivity contribution in [2.45, 2.75) is 115 Å². The van der Waals surface area contributed by atoms with E-state index in [2.05, 4.69) is 29.0 Å². The molecule has 11 nitrogen and oxygen atoms in total. The quantitative estimate of drug-likeness (QED) is 0.0932. The minimum atomic E-state index is -0.824. The molecule has 1 spiro atoms. The average Bonchev–Trinajstić information content (AvgIpc) is 3.71. The molecule has 0 saturated carbocycles. The Hall–Kier alpha value is -2.57. The Bertz CT molecular complexity index is 1020. The van der Waals surface area contributed by atoms with Crippen LogP contribution in [0.5, 0.6) is 0 Å². The molecule has 0 aromatic carbocycles. The highest BCUT2D eigenvalue weighted by Crippen LogP contribution is 2.43. The number of nitrogens with one attached hydrogen (secondary N) is 3. The summed E-state index contributed by atoms with van der Waals surface area (Å²) in [5.74, 6) is -0.252. The Morgan fingerprint density at radius 3 is 2.43 bits per heavy atom. The van der Waals surface area contributed by atoms with Gasteiger partial charge in [0, 0.05) is 32.0 Å². The number of carbonyl (C=O) groups is 3. The number of aliphatic hydroxyl groups excluding tert-OH is 2. The van der Waals surface area contributed by atoms with Crippen LogP contribution in [-0.4, -0.2) is 95.9 Å². The summed E-state index contributed by atoms with van der Waals surface area (Å²) >= 11 is 0. The van der Waals surface area contributed by atoms with Gasteiger partial charge in [-0.2, -0.15) is 0 Å². The Morgan fingerprint density at radius 2 is 1.79 bits per heavy atom. The smallest absolute Gasteiger partial charge is 0.244 e. The number of allylic oxidation sites excluding steroid dienone is 2. The van der Waals surface area contributed by atoms with Gasteiger partial charge in [0.25, 0.3) is 0 Å². The first-order chi connectivity index (χ1) is 19.9. The van der Waals surface area contributed by atoms with E-state index in [-0.39, 0.29) is 48.3 Å². The van der Waals surface area contributed by atoms with E-state index >= 15 is 0 Å². The van der Waals surface area contributed by atoms with Crippen molar-refractivity contribution in [2.75, 3.05) is 19.7 Å². The SMILES string of the molecule is CCC(=O)NCCNC(=O)CC1CC2(CO2)C(O)C(C=CC(C)=CCC2OC(C)C(NC(=O)C=CC(C)O)CC2C)O1. The lowest BCUT2D eigenvalue weighted by molar-refractivity contribution is -0.145. The zero-order chi connectivity index (χ0) is 30.9. The van der Waals surface area contributed by atoms with E-state index in [1.54, 1.807) is 13.8 Å². The molecular weight excluding hydrogens is 542 g/mol. The van der Waals surface area contributed by atoms with Gasteiger partial charge >= 0.3 is 0 Å². The first-order valence-corrected chi connectivity index (χ1v) is 15.1. The normalized spacial score (nSPS) is 34.0. The molecule has 3 amide bonds. The Kier molecular flexibility index (Phi) is 12.7. The van der Waals surface area contributed by atoms with Crippen LogP contribution in [0.3, 0.4) is 0 Å². The number of hydrogen-bond donors (Lipinski definition) is 5. The van der Waals surface area contributed by atoms with Crippen LogP contribution in [0.25, 0.3) is 0 Å². The van der Waals surface area contributed by atoms with Gasteiger partial charge in [0.05, 0.1) is 43.5 Å². The van der Waals surface area contributed by atoms with E-state index in [1.807, 2.05) is 26.0 Å². The van der Waals surface area contributed by atoms with Gasteiger partial charge in [0.1, 0.15) is 17.8 Å². The third kappa shape index (κ3) is 10.3. The number of rotatable bonds is 13. The predicted octanol–water partition coefficient (Wildman–Crippen LogP) is 1.43. The second-order valence-corrected chi connectivity index (χ2v) is 11.8. The zero-order valence-corrected chi connectivity index (χ0v) is 25.5. The van der Waals surface area contributed by atoms with Crippen LogP contribution in [0.2, 0.25) is 0 Å². The van der Waals surface area contributed by atoms with Crippen molar-refractivity contribution in [1.29, 1.82) is 0 Å². The van der Waals surface area contributed by atoms with Crippen LogP contribution in [0.15, 0.2) is 36.0 Å². The molecule has 3 aliphatic rings. The van der Waals surface area contributed by atoms with Crippen molar-refractivity contribution in [3.63, 3.8) is 0 Å². The highest BCUT2D eigenvalue weighted by molar-refractivity contribution is 5.87. The van der Waals surface area contributed by atoms with Crippen LogP contribution in [0.4, 0.5) is 0 Å². The molecule has 42 heavy (non-hydrogen) atoms. The summed E-state index contributed by atoms with van der Waals surface area (Å²) in [6.45, 7) is 10.6. The van der Waals surface area contributed by atoms with Crippen molar-refractivity contribution in [2.24, 2.45) is 5.92 Å². The van der Waals surface area contributed by atoms with Crippen LogP contribution in [0, 0.1) is 5.92 Å². The molecule has 9 atom stereocenters. The summed E-state index contributed by atoms with van der Waals surface area (Å²) in [6.07, 6.45) is 8.46. The van der Waals surface area contributed by atoms with Gasteiger partial charge < -0.3 is 40.4 Å². The number of aliphatic hydroxyl groups is 2. The molecule has 0 aromatic heterocycles. The van der Waals surface area contributed by atoms with Gasteiger partial charge in [-0.15, -0.1) is 0 Å². The van der Waals surface area contributed by atoms with Crippen LogP contribution in [-0.2, 0) is 28.6 Å². The Labute approximate surface area is 249 Å². The number of carbonyl (C=O) groups excluding carboxylic acids is 3. The van der Waals surface area contributed by atoms with E-state index in [9.17, 15) is 24.6 Å². The zero-order valence-electron chi connectivity index (χ0n) is 25.5. The molecule has 3 fully saturated rings. The number of hydrogen-bond acceptors (Lipinski definition) is 8. The highest BCUT2D eigenvalue weighted by atomic mass is 16.6. The summed E-state index contributed by atoms with van der Waals surface area (Å²) in [5.41, 5.74) is 0.317. The average molecular weight is 592 g/mol. The van der Waals surface area contributed by atoms with E-state index in [0.717, 1.165) is 12.0 Å². The first kappa shape index (κ1) is 33.9. The van der Waals surface area contributed by atoms with Crippen LogP contribution >= 0.6 is 0 Å². The lowest BCUT2D eigenvalue weighted by Crippen LogP contribution is -2.51. The molecule has 9 unspecified atom stereocenters. The Balaban J connectivity index is 1.48. The van der Waals surface area contributed by atoms with Crippen molar-refractivity contribution < 1.29 is 38.8 Å². The maximum Gasteiger partial charge on any atom is 0.244 e. The molecule has 236 valence electrons. The van der Waals surface area contributed by atoms with Gasteiger partial charge in [-0.3, -0.25) is 14.4 Å². The standard InChI is InChI=1S/C31H49N3O8/c1-6-27(36)32-13-14-33-29(38)16-23-17-31(18-40-31)30(39)26(42-23)11-8-19(2)7-10-25-20(3)15-24(22(5)41-25)34-28(37)12-9-21(4)35/h7-9,11-12,20-26,30,35,39H,6,10,13-18H2,1-5H3,(H,32,36)(H,33,38)(H,34,37). The number of epoxide rings is 1. The Morgan fingerprint density at radius 1 is 1.10 bits per heavy atom. The minimum Gasteiger partial charge on any atom is -0.389 e. The maximum absolute atomic E-state index is 12.4. The van der Waals surface area contributed by atoms with Crippen molar-refractivity contribution in [3.05, 3.63) is 36.0 Å². The molecule has 3 heterocycles. The van der Waals surface area contributed by atoms with Gasteiger partial charge in [0.2, 0.25) is 17.7 Å². The molecule has 3 aliphatic heterocycles. The summed E-state index contributed by atoms with van der Waals surface area (Å²) in [4.78, 5) is 35.9. The van der Waals surface area contributed by atoms with Crippen molar-refractivity contribution in [1.82, 2.24) is 16.0 Å². The topological polar surface area (TPSA) is 159 Å². The van der Waals surface area contributed by atoms with Gasteiger partial charge in [-0.25, -0.2) is 0 Å². The third-order valence-electron chi connectivity index (χ3n) is 8.08. The number of amides is 3. The molecule has 0 aliphatic carbocycles. The van der Waals surface area contributed by atoms with Crippen molar-refractivity contribution in [3.8, 4) is 0 Å². The second kappa shape index (κ2) is 15.8. The van der Waals surface area contributed by atoms with E-state index in [1.165, 1.54) is 12.2 Å². The summed E-state index contributed by atoms with van der Waals surface area (Å²) in [5, 5.41) is 28.7. The molecule has 11 heteroatoms. The molecule has 5 N–H and O–H groups in total. The summed E-state index contributed by atoms with van der Waals surface area (Å²) in [6, 6.07) is -0.105. The summed E-state index contributed by atoms with van der Waals surface area (Å²) in [7, 11) is 0. The molecular formula is C31H49N3O8. The molecule has 0 bridgehead atoms. The predicted molar refractivity (Wildman–Crippen MR) is 157 cm³/mol. The maximum atomic E-state index is 12.4. The fourth-order valence-electron chi connectivity index (χ4n) is 5.40. The second-order valence-electron chi connectivity index (χ2n) is 11.8. The van der Waals surface area contributed by atoms with E-state index in [0.29, 0.717) is 39.0 Å². The van der Waals surface area contributed by atoms with Gasteiger partial charge in [0.15, 0.2) is 0 Å². The van der Waals surface area contributed by atoms with E-state index in [4.69, 9.17) is 14.2 Å². The largest absolute Gasteiger partial charge is 0.389 e. The van der Waals surface area contributed by atoms with Gasteiger partial charge in [-0.05, 0) is 39.5 Å².